The van der Waals surface area contributed by atoms with Crippen LogP contribution in [0.5, 0.6) is 0 Å². The molecule has 0 aromatic rings. The van der Waals surface area contributed by atoms with E-state index in [1.54, 1.807) is 7.11 Å². The molecule has 74 valence electrons. The second-order valence-corrected chi connectivity index (χ2v) is 3.80. The molecule has 2 N–H and O–H groups in total. The first kappa shape index (κ1) is 12.2. The van der Waals surface area contributed by atoms with Crippen molar-refractivity contribution in [2.45, 2.75) is 19.4 Å². The molecule has 0 aliphatic heterocycles. The number of rotatable bonds is 7. The second kappa shape index (κ2) is 6.68. The summed E-state index contributed by atoms with van der Waals surface area (Å²) >= 11 is 0.955. The van der Waals surface area contributed by atoms with Crippen molar-refractivity contribution in [1.82, 2.24) is 0 Å². The van der Waals surface area contributed by atoms with Gasteiger partial charge in [-0.15, -0.1) is 0 Å². The van der Waals surface area contributed by atoms with Crippen molar-refractivity contribution in [2.24, 2.45) is 5.73 Å². The van der Waals surface area contributed by atoms with Gasteiger partial charge in [-0.05, 0) is 13.8 Å². The fourth-order valence-electron chi connectivity index (χ4n) is 0.510. The van der Waals surface area contributed by atoms with Crippen molar-refractivity contribution in [3.05, 3.63) is 0 Å². The van der Waals surface area contributed by atoms with Gasteiger partial charge in [0.05, 0.1) is 26.9 Å². The Kier molecular flexibility index (Phi) is 6.78. The minimum Gasteiger partial charge on any atom is -0.377 e. The molecule has 0 atom stereocenters. The summed E-state index contributed by atoms with van der Waals surface area (Å²) in [5.41, 5.74) is 5.41. The van der Waals surface area contributed by atoms with Crippen molar-refractivity contribution < 1.29 is 13.1 Å². The lowest BCUT2D eigenvalue weighted by Crippen LogP contribution is -2.37. The number of hydrogen-bond donors (Lipinski definition) is 1. The molecule has 0 fully saturated rings. The van der Waals surface area contributed by atoms with E-state index in [4.69, 9.17) is 14.7 Å². The maximum Gasteiger partial charge on any atom is 0.158 e. The van der Waals surface area contributed by atoms with Crippen LogP contribution in [0, 0.1) is 0 Å². The Morgan fingerprint density at radius 1 is 1.33 bits per heavy atom. The Balaban J connectivity index is 3.01. The van der Waals surface area contributed by atoms with Crippen LogP contribution in [0.3, 0.4) is 0 Å². The molecule has 0 rings (SSSR count). The van der Waals surface area contributed by atoms with E-state index in [0.717, 1.165) is 12.3 Å². The van der Waals surface area contributed by atoms with Crippen LogP contribution >= 0.6 is 12.3 Å². The molecule has 0 amide bonds. The molecule has 0 aromatic heterocycles. The zero-order chi connectivity index (χ0) is 9.45. The summed E-state index contributed by atoms with van der Waals surface area (Å²) in [7, 11) is 1.55. The normalized spacial score (nSPS) is 12.0. The van der Waals surface area contributed by atoms with Gasteiger partial charge in [-0.2, -0.15) is 0 Å². The molecule has 0 heterocycles. The molecule has 5 heteroatoms. The molecule has 0 aliphatic carbocycles. The second-order valence-electron chi connectivity index (χ2n) is 3.10. The molecule has 0 spiro atoms. The van der Waals surface area contributed by atoms with E-state index in [2.05, 4.69) is 4.18 Å². The van der Waals surface area contributed by atoms with Crippen LogP contribution < -0.4 is 5.73 Å². The smallest absolute Gasteiger partial charge is 0.158 e. The topological polar surface area (TPSA) is 53.7 Å². The average Bonchev–Trinajstić information content (AvgIpc) is 1.94. The van der Waals surface area contributed by atoms with E-state index in [1.807, 2.05) is 13.8 Å². The van der Waals surface area contributed by atoms with Gasteiger partial charge in [-0.25, -0.2) is 0 Å². The third kappa shape index (κ3) is 10.2. The quantitative estimate of drug-likeness (QED) is 0.484. The van der Waals surface area contributed by atoms with Crippen LogP contribution in [0.2, 0.25) is 0 Å². The zero-order valence-electron chi connectivity index (χ0n) is 7.83. The fourth-order valence-corrected chi connectivity index (χ4v) is 0.743. The molecule has 0 bridgehead atoms. The van der Waals surface area contributed by atoms with E-state index in [0.29, 0.717) is 19.8 Å². The summed E-state index contributed by atoms with van der Waals surface area (Å²) in [6, 6.07) is 0. The van der Waals surface area contributed by atoms with Gasteiger partial charge in [0.2, 0.25) is 0 Å². The minimum absolute atomic E-state index is 0.269. The SMILES string of the molecule is COSOCCOCC(C)(C)N. The Hall–Kier alpha value is 0.190. The van der Waals surface area contributed by atoms with Crippen LogP contribution in [0.25, 0.3) is 0 Å². The standard InChI is InChI=1S/C7H17NO3S/c1-7(2,8)6-10-4-5-11-12-9-3/h4-6,8H2,1-3H3. The van der Waals surface area contributed by atoms with Crippen LogP contribution in [0.4, 0.5) is 0 Å². The van der Waals surface area contributed by atoms with Crippen molar-refractivity contribution in [1.29, 1.82) is 0 Å². The van der Waals surface area contributed by atoms with E-state index in [9.17, 15) is 0 Å². The summed E-state index contributed by atoms with van der Waals surface area (Å²) in [6.07, 6.45) is 0. The Morgan fingerprint density at radius 3 is 2.50 bits per heavy atom. The average molecular weight is 195 g/mol. The molecule has 0 unspecified atom stereocenters. The summed E-state index contributed by atoms with van der Waals surface area (Å²) in [5, 5.41) is 0. The molecular weight excluding hydrogens is 178 g/mol. The van der Waals surface area contributed by atoms with E-state index in [-0.39, 0.29) is 5.54 Å². The van der Waals surface area contributed by atoms with Gasteiger partial charge >= 0.3 is 0 Å². The molecule has 0 aromatic carbocycles. The van der Waals surface area contributed by atoms with E-state index < -0.39 is 0 Å². The Labute approximate surface area is 78.2 Å². The highest BCUT2D eigenvalue weighted by Gasteiger charge is 2.09. The van der Waals surface area contributed by atoms with Gasteiger partial charge in [0.25, 0.3) is 0 Å². The minimum atomic E-state index is -0.269. The number of nitrogens with two attached hydrogens (primary N) is 1. The number of hydrogen-bond acceptors (Lipinski definition) is 5. The summed E-state index contributed by atoms with van der Waals surface area (Å²) in [5.74, 6) is 0. The molecule has 0 saturated carbocycles. The van der Waals surface area contributed by atoms with Crippen LogP contribution in [0.15, 0.2) is 0 Å². The summed E-state index contributed by atoms with van der Waals surface area (Å²) < 4.78 is 14.8. The Bertz CT molecular complexity index is 105. The summed E-state index contributed by atoms with van der Waals surface area (Å²) in [6.45, 7) is 5.41. The predicted octanol–water partition coefficient (Wildman–Crippen LogP) is 0.966. The Morgan fingerprint density at radius 2 is 2.00 bits per heavy atom. The summed E-state index contributed by atoms with van der Waals surface area (Å²) in [4.78, 5) is 0. The molecule has 0 aliphatic rings. The van der Waals surface area contributed by atoms with Crippen LogP contribution in [0.1, 0.15) is 13.8 Å². The van der Waals surface area contributed by atoms with Crippen molar-refractivity contribution >= 4 is 12.3 Å². The number of ether oxygens (including phenoxy) is 1. The third-order valence-electron chi connectivity index (χ3n) is 0.901. The lowest BCUT2D eigenvalue weighted by molar-refractivity contribution is 0.0753. The fraction of sp³-hybridized carbons (Fsp3) is 1.00. The maximum atomic E-state index is 5.68. The van der Waals surface area contributed by atoms with Crippen LogP contribution in [-0.2, 0) is 13.1 Å². The molecule has 12 heavy (non-hydrogen) atoms. The van der Waals surface area contributed by atoms with Gasteiger partial charge in [-0.1, -0.05) is 0 Å². The lowest BCUT2D eigenvalue weighted by atomic mass is 10.1. The molecule has 0 radical (unpaired) electrons. The molecule has 0 saturated heterocycles. The van der Waals surface area contributed by atoms with Crippen molar-refractivity contribution in [3.8, 4) is 0 Å². The first-order valence-electron chi connectivity index (χ1n) is 3.75. The van der Waals surface area contributed by atoms with Crippen molar-refractivity contribution in [3.63, 3.8) is 0 Å². The first-order chi connectivity index (χ1) is 5.56. The van der Waals surface area contributed by atoms with Gasteiger partial charge < -0.3 is 10.5 Å². The monoisotopic (exact) mass is 195 g/mol. The lowest BCUT2D eigenvalue weighted by Gasteiger charge is -2.17. The van der Waals surface area contributed by atoms with Gasteiger partial charge in [0.15, 0.2) is 12.3 Å². The van der Waals surface area contributed by atoms with Gasteiger partial charge in [0, 0.05) is 5.54 Å². The predicted molar refractivity (Wildman–Crippen MR) is 49.6 cm³/mol. The van der Waals surface area contributed by atoms with Crippen LogP contribution in [-0.4, -0.2) is 32.5 Å². The molecule has 4 nitrogen and oxygen atoms in total. The highest BCUT2D eigenvalue weighted by Crippen LogP contribution is 2.01. The first-order valence-corrected chi connectivity index (χ1v) is 4.42. The van der Waals surface area contributed by atoms with Gasteiger partial charge in [-0.3, -0.25) is 8.37 Å². The van der Waals surface area contributed by atoms with Gasteiger partial charge in [0.1, 0.15) is 0 Å². The highest BCUT2D eigenvalue weighted by molar-refractivity contribution is 7.89. The zero-order valence-corrected chi connectivity index (χ0v) is 8.65. The van der Waals surface area contributed by atoms with E-state index >= 15 is 0 Å². The third-order valence-corrected chi connectivity index (χ3v) is 1.30. The highest BCUT2D eigenvalue weighted by atomic mass is 32.2. The van der Waals surface area contributed by atoms with Crippen molar-refractivity contribution in [2.75, 3.05) is 26.9 Å². The molecular formula is C7H17NO3S. The largest absolute Gasteiger partial charge is 0.377 e. The van der Waals surface area contributed by atoms with E-state index in [1.165, 1.54) is 0 Å². The maximum absolute atomic E-state index is 5.68.